The van der Waals surface area contributed by atoms with Gasteiger partial charge >= 0.3 is 5.97 Å². The third-order valence-electron chi connectivity index (χ3n) is 1.74. The van der Waals surface area contributed by atoms with Gasteiger partial charge in [-0.25, -0.2) is 13.8 Å². The highest BCUT2D eigenvalue weighted by Gasteiger charge is 2.19. The van der Waals surface area contributed by atoms with Gasteiger partial charge in [0.15, 0.2) is 0 Å². The molecule has 0 saturated heterocycles. The van der Waals surface area contributed by atoms with Crippen LogP contribution in [0.25, 0.3) is 0 Å². The maximum atomic E-state index is 12.5. The number of rotatable bonds is 3. The minimum absolute atomic E-state index is 0.00403. The van der Waals surface area contributed by atoms with Crippen LogP contribution in [0.4, 0.5) is 14.6 Å². The van der Waals surface area contributed by atoms with E-state index >= 15 is 0 Å². The minimum atomic E-state index is -2.77. The molecule has 0 amide bonds. The number of carboxylic acids is 1. The normalized spacial score (nSPS) is 10.7. The number of anilines is 1. The van der Waals surface area contributed by atoms with Gasteiger partial charge in [0.05, 0.1) is 10.9 Å². The summed E-state index contributed by atoms with van der Waals surface area (Å²) >= 11 is 2.94. The van der Waals surface area contributed by atoms with E-state index in [1.165, 1.54) is 0 Å². The highest BCUT2D eigenvalue weighted by molar-refractivity contribution is 9.10. The molecule has 1 heterocycles. The number of nitrogens with two attached hydrogens (primary N) is 1. The summed E-state index contributed by atoms with van der Waals surface area (Å²) in [5.41, 5.74) is 4.91. The lowest BCUT2D eigenvalue weighted by molar-refractivity contribution is -0.136. The fourth-order valence-electron chi connectivity index (χ4n) is 1.07. The fourth-order valence-corrected chi connectivity index (χ4v) is 1.55. The fraction of sp³-hybridized carbons (Fsp3) is 0.250. The third-order valence-corrected chi connectivity index (χ3v) is 2.63. The predicted octanol–water partition coefficient (Wildman–Crippen LogP) is 1.99. The monoisotopic (exact) mass is 280 g/mol. The zero-order valence-corrected chi connectivity index (χ0v) is 8.96. The average molecular weight is 281 g/mol. The van der Waals surface area contributed by atoms with Crippen LogP contribution in [0.2, 0.25) is 0 Å². The number of aliphatic carboxylic acids is 1. The lowest BCUT2D eigenvalue weighted by Gasteiger charge is -2.10. The van der Waals surface area contributed by atoms with Crippen molar-refractivity contribution in [2.75, 3.05) is 5.73 Å². The predicted molar refractivity (Wildman–Crippen MR) is 52.6 cm³/mol. The lowest BCUT2D eigenvalue weighted by atomic mass is 10.1. The van der Waals surface area contributed by atoms with E-state index in [9.17, 15) is 13.6 Å². The van der Waals surface area contributed by atoms with Crippen molar-refractivity contribution in [1.29, 1.82) is 0 Å². The van der Waals surface area contributed by atoms with Crippen molar-refractivity contribution in [2.45, 2.75) is 12.8 Å². The van der Waals surface area contributed by atoms with Gasteiger partial charge in [0, 0.05) is 11.8 Å². The summed E-state index contributed by atoms with van der Waals surface area (Å²) in [7, 11) is 0. The number of halogens is 3. The van der Waals surface area contributed by atoms with Gasteiger partial charge in [-0.1, -0.05) is 0 Å². The molecule has 0 aromatic carbocycles. The Kier molecular flexibility index (Phi) is 3.57. The van der Waals surface area contributed by atoms with Gasteiger partial charge in [0.1, 0.15) is 5.82 Å². The maximum absolute atomic E-state index is 12.5. The van der Waals surface area contributed by atoms with Crippen LogP contribution in [0.1, 0.15) is 17.6 Å². The first-order valence-corrected chi connectivity index (χ1v) is 4.65. The van der Waals surface area contributed by atoms with Crippen LogP contribution in [0.15, 0.2) is 10.7 Å². The van der Waals surface area contributed by atoms with Gasteiger partial charge in [-0.2, -0.15) is 0 Å². The smallest absolute Gasteiger partial charge is 0.307 e. The molecule has 0 atom stereocenters. The summed E-state index contributed by atoms with van der Waals surface area (Å²) in [6, 6.07) is 0. The molecule has 0 spiro atoms. The molecule has 0 bridgehead atoms. The maximum Gasteiger partial charge on any atom is 0.307 e. The Balaban J connectivity index is 3.28. The van der Waals surface area contributed by atoms with Crippen molar-refractivity contribution in [3.8, 4) is 0 Å². The zero-order chi connectivity index (χ0) is 11.6. The van der Waals surface area contributed by atoms with Gasteiger partial charge < -0.3 is 10.8 Å². The topological polar surface area (TPSA) is 76.2 Å². The van der Waals surface area contributed by atoms with Crippen molar-refractivity contribution in [2.24, 2.45) is 0 Å². The van der Waals surface area contributed by atoms with Gasteiger partial charge in [-0.3, -0.25) is 4.79 Å². The average Bonchev–Trinajstić information content (AvgIpc) is 2.12. The molecule has 1 aromatic rings. The number of aromatic nitrogens is 1. The van der Waals surface area contributed by atoms with Crippen molar-refractivity contribution in [3.63, 3.8) is 0 Å². The van der Waals surface area contributed by atoms with Crippen molar-refractivity contribution >= 4 is 27.7 Å². The van der Waals surface area contributed by atoms with E-state index in [2.05, 4.69) is 20.9 Å². The molecule has 0 aliphatic rings. The Morgan fingerprint density at radius 1 is 1.67 bits per heavy atom. The number of pyridine rings is 1. The van der Waals surface area contributed by atoms with E-state index in [0.29, 0.717) is 0 Å². The van der Waals surface area contributed by atoms with Crippen LogP contribution in [-0.4, -0.2) is 16.1 Å². The quantitative estimate of drug-likeness (QED) is 0.888. The number of nitrogen functional groups attached to an aromatic ring is 1. The molecule has 0 aliphatic heterocycles. The minimum Gasteiger partial charge on any atom is -0.481 e. The first-order chi connectivity index (χ1) is 6.93. The zero-order valence-electron chi connectivity index (χ0n) is 7.38. The third kappa shape index (κ3) is 2.62. The Labute approximate surface area is 92.2 Å². The summed E-state index contributed by atoms with van der Waals surface area (Å²) in [5, 5.41) is 8.56. The first-order valence-electron chi connectivity index (χ1n) is 3.86. The summed E-state index contributed by atoms with van der Waals surface area (Å²) < 4.78 is 25.1. The van der Waals surface area contributed by atoms with Gasteiger partial charge in [-0.15, -0.1) is 0 Å². The van der Waals surface area contributed by atoms with Crippen LogP contribution in [-0.2, 0) is 11.2 Å². The van der Waals surface area contributed by atoms with E-state index in [1.807, 2.05) is 0 Å². The van der Waals surface area contributed by atoms with Crippen LogP contribution in [0.3, 0.4) is 0 Å². The Morgan fingerprint density at radius 2 is 2.27 bits per heavy atom. The number of hydrogen-bond acceptors (Lipinski definition) is 3. The van der Waals surface area contributed by atoms with E-state index < -0.39 is 24.4 Å². The van der Waals surface area contributed by atoms with Crippen molar-refractivity contribution in [1.82, 2.24) is 4.98 Å². The Bertz CT molecular complexity index is 398. The summed E-state index contributed by atoms with van der Waals surface area (Å²) in [6.45, 7) is 0. The molecule has 1 aromatic heterocycles. The molecule has 3 N–H and O–H groups in total. The molecule has 82 valence electrons. The summed E-state index contributed by atoms with van der Waals surface area (Å²) in [6.07, 6.45) is -2.40. The molecular formula is C8H7BrF2N2O2. The number of alkyl halides is 2. The first kappa shape index (κ1) is 11.8. The molecule has 0 fully saturated rings. The number of carboxylic acid groups (broad SMARTS) is 1. The van der Waals surface area contributed by atoms with Crippen molar-refractivity contribution in [3.05, 3.63) is 21.8 Å². The van der Waals surface area contributed by atoms with Crippen LogP contribution >= 0.6 is 15.9 Å². The highest BCUT2D eigenvalue weighted by Crippen LogP contribution is 2.31. The van der Waals surface area contributed by atoms with Gasteiger partial charge in [0.2, 0.25) is 0 Å². The standard InChI is InChI=1S/C8H7BrF2N2O2/c9-6-3(1-5(14)15)4(7(10)11)2-13-8(6)12/h2,7H,1H2,(H2,12,13)(H,14,15). The van der Waals surface area contributed by atoms with Crippen LogP contribution < -0.4 is 5.73 Å². The molecular weight excluding hydrogens is 274 g/mol. The van der Waals surface area contributed by atoms with Gasteiger partial charge in [-0.05, 0) is 21.5 Å². The molecule has 0 radical (unpaired) electrons. The highest BCUT2D eigenvalue weighted by atomic mass is 79.9. The van der Waals surface area contributed by atoms with E-state index in [-0.39, 0.29) is 15.9 Å². The van der Waals surface area contributed by atoms with E-state index in [0.717, 1.165) is 6.20 Å². The Hall–Kier alpha value is -1.24. The molecule has 0 aliphatic carbocycles. The lowest BCUT2D eigenvalue weighted by Crippen LogP contribution is -2.08. The van der Waals surface area contributed by atoms with Crippen LogP contribution in [0, 0.1) is 0 Å². The number of hydrogen-bond donors (Lipinski definition) is 2. The number of carbonyl (C=O) groups is 1. The van der Waals surface area contributed by atoms with E-state index in [1.54, 1.807) is 0 Å². The Morgan fingerprint density at radius 3 is 2.73 bits per heavy atom. The molecule has 0 saturated carbocycles. The molecule has 15 heavy (non-hydrogen) atoms. The molecule has 4 nitrogen and oxygen atoms in total. The summed E-state index contributed by atoms with van der Waals surface area (Å²) in [5.74, 6) is -1.21. The number of nitrogens with zero attached hydrogens (tertiary/aromatic N) is 1. The van der Waals surface area contributed by atoms with Gasteiger partial charge in [0.25, 0.3) is 6.43 Å². The second-order valence-corrected chi connectivity index (χ2v) is 3.56. The van der Waals surface area contributed by atoms with E-state index in [4.69, 9.17) is 10.8 Å². The SMILES string of the molecule is Nc1ncc(C(F)F)c(CC(=O)O)c1Br. The van der Waals surface area contributed by atoms with Crippen LogP contribution in [0.5, 0.6) is 0 Å². The second kappa shape index (κ2) is 4.52. The summed E-state index contributed by atoms with van der Waals surface area (Å²) in [4.78, 5) is 14.0. The molecule has 0 unspecified atom stereocenters. The largest absolute Gasteiger partial charge is 0.481 e. The van der Waals surface area contributed by atoms with Crippen molar-refractivity contribution < 1.29 is 18.7 Å². The molecule has 7 heteroatoms. The second-order valence-electron chi connectivity index (χ2n) is 2.76. The molecule has 1 rings (SSSR count).